The summed E-state index contributed by atoms with van der Waals surface area (Å²) >= 11 is 0. The third-order valence-corrected chi connectivity index (χ3v) is 4.39. The maximum absolute atomic E-state index is 12.1. The fraction of sp³-hybridized carbons (Fsp3) is 0.786. The van der Waals surface area contributed by atoms with E-state index in [0.29, 0.717) is 6.04 Å². The lowest BCUT2D eigenvalue weighted by atomic mass is 10.0. The van der Waals surface area contributed by atoms with E-state index < -0.39 is 0 Å². The molecule has 0 aromatic carbocycles. The first-order valence-electron chi connectivity index (χ1n) is 7.20. The van der Waals surface area contributed by atoms with Gasteiger partial charge < -0.3 is 16.0 Å². The predicted octanol–water partition coefficient (Wildman–Crippen LogP) is 0.633. The normalized spacial score (nSPS) is 33.8. The first-order valence-corrected chi connectivity index (χ1v) is 7.20. The molecule has 18 heavy (non-hydrogen) atoms. The summed E-state index contributed by atoms with van der Waals surface area (Å²) in [5, 5.41) is 3.19. The number of likely N-dealkylation sites (tertiary alicyclic amines) is 1. The van der Waals surface area contributed by atoms with Crippen LogP contribution in [0.15, 0.2) is 12.2 Å². The van der Waals surface area contributed by atoms with Crippen LogP contribution in [0.5, 0.6) is 0 Å². The molecule has 1 aliphatic heterocycles. The van der Waals surface area contributed by atoms with E-state index in [9.17, 15) is 4.79 Å². The summed E-state index contributed by atoms with van der Waals surface area (Å²) in [5.74, 6) is 0.172. The molecule has 2 fully saturated rings. The first-order chi connectivity index (χ1) is 8.72. The topological polar surface area (TPSA) is 58.4 Å². The molecule has 0 bridgehead atoms. The van der Waals surface area contributed by atoms with Gasteiger partial charge in [0.2, 0.25) is 5.91 Å². The zero-order chi connectivity index (χ0) is 12.5. The molecule has 2 atom stereocenters. The van der Waals surface area contributed by atoms with Gasteiger partial charge in [-0.1, -0.05) is 12.2 Å². The van der Waals surface area contributed by atoms with Crippen LogP contribution in [0.3, 0.4) is 0 Å². The van der Waals surface area contributed by atoms with Crippen molar-refractivity contribution in [1.29, 1.82) is 0 Å². The number of nitrogens with two attached hydrogens (primary N) is 1. The van der Waals surface area contributed by atoms with Gasteiger partial charge in [0.1, 0.15) is 0 Å². The van der Waals surface area contributed by atoms with E-state index in [0.717, 1.165) is 38.4 Å². The first kappa shape index (κ1) is 12.2. The molecule has 1 amide bonds. The molecule has 4 nitrogen and oxygen atoms in total. The van der Waals surface area contributed by atoms with Crippen molar-refractivity contribution in [2.24, 2.45) is 11.7 Å². The van der Waals surface area contributed by atoms with Crippen LogP contribution in [0, 0.1) is 5.92 Å². The molecule has 100 valence electrons. The molecule has 0 spiro atoms. The maximum atomic E-state index is 12.1. The molecule has 2 aliphatic carbocycles. The van der Waals surface area contributed by atoms with E-state index in [1.807, 2.05) is 12.2 Å². The average Bonchev–Trinajstić information content (AvgIpc) is 3.12. The molecule has 2 unspecified atom stereocenters. The van der Waals surface area contributed by atoms with Gasteiger partial charge in [0.25, 0.3) is 0 Å². The van der Waals surface area contributed by atoms with Gasteiger partial charge >= 0.3 is 0 Å². The Morgan fingerprint density at radius 3 is 2.44 bits per heavy atom. The van der Waals surface area contributed by atoms with Crippen molar-refractivity contribution in [3.05, 3.63) is 12.2 Å². The zero-order valence-electron chi connectivity index (χ0n) is 10.8. The lowest BCUT2D eigenvalue weighted by molar-refractivity contribution is -0.124. The van der Waals surface area contributed by atoms with Crippen LogP contribution in [-0.4, -0.2) is 42.0 Å². The summed E-state index contributed by atoms with van der Waals surface area (Å²) in [6.07, 6.45) is 9.63. The molecule has 3 rings (SSSR count). The second-order valence-corrected chi connectivity index (χ2v) is 5.94. The highest BCUT2D eigenvalue weighted by atomic mass is 16.1. The van der Waals surface area contributed by atoms with Gasteiger partial charge in [-0.2, -0.15) is 0 Å². The van der Waals surface area contributed by atoms with E-state index >= 15 is 0 Å². The van der Waals surface area contributed by atoms with Crippen LogP contribution < -0.4 is 11.1 Å². The number of amides is 1. The minimum Gasteiger partial charge on any atom is -0.353 e. The number of nitrogens with zero attached hydrogens (tertiary/aromatic N) is 1. The van der Waals surface area contributed by atoms with Crippen molar-refractivity contribution in [1.82, 2.24) is 10.2 Å². The van der Waals surface area contributed by atoms with Gasteiger partial charge in [0.15, 0.2) is 0 Å². The number of hydrogen-bond donors (Lipinski definition) is 2. The Bertz CT molecular complexity index is 343. The molecule has 1 saturated carbocycles. The van der Waals surface area contributed by atoms with Crippen LogP contribution in [0.2, 0.25) is 0 Å². The fourth-order valence-electron chi connectivity index (χ4n) is 3.08. The summed E-state index contributed by atoms with van der Waals surface area (Å²) in [4.78, 5) is 14.6. The second-order valence-electron chi connectivity index (χ2n) is 5.94. The lowest BCUT2D eigenvalue weighted by Gasteiger charge is -2.32. The number of nitrogens with one attached hydrogen (secondary N) is 1. The predicted molar refractivity (Wildman–Crippen MR) is 71.0 cm³/mol. The van der Waals surface area contributed by atoms with Crippen LogP contribution in [0.25, 0.3) is 0 Å². The van der Waals surface area contributed by atoms with Crippen molar-refractivity contribution in [2.75, 3.05) is 13.1 Å². The minimum absolute atomic E-state index is 0.00135. The van der Waals surface area contributed by atoms with E-state index in [-0.39, 0.29) is 17.9 Å². The minimum atomic E-state index is 0.00135. The van der Waals surface area contributed by atoms with Gasteiger partial charge in [-0.25, -0.2) is 0 Å². The highest BCUT2D eigenvalue weighted by molar-refractivity contribution is 5.81. The van der Waals surface area contributed by atoms with E-state index in [4.69, 9.17) is 5.73 Å². The standard InChI is InChI=1S/C14H23N3O/c15-11-2-1-10(9-11)14(18)16-12-5-7-17(8-6-12)13-3-4-13/h1-2,10-13H,3-9,15H2,(H,16,18). The molecule has 4 heteroatoms. The Balaban J connectivity index is 1.43. The molecule has 1 saturated heterocycles. The zero-order valence-corrected chi connectivity index (χ0v) is 10.8. The number of carbonyl (C=O) groups excluding carboxylic acids is 1. The summed E-state index contributed by atoms with van der Waals surface area (Å²) < 4.78 is 0. The molecular weight excluding hydrogens is 226 g/mol. The summed E-state index contributed by atoms with van der Waals surface area (Å²) in [5.41, 5.74) is 5.78. The van der Waals surface area contributed by atoms with Gasteiger partial charge in [0, 0.05) is 31.2 Å². The number of carbonyl (C=O) groups is 1. The number of rotatable bonds is 3. The number of piperidine rings is 1. The van der Waals surface area contributed by atoms with E-state index in [2.05, 4.69) is 10.2 Å². The highest BCUT2D eigenvalue weighted by Crippen LogP contribution is 2.29. The highest BCUT2D eigenvalue weighted by Gasteiger charge is 2.32. The molecule has 0 radical (unpaired) electrons. The van der Waals surface area contributed by atoms with Crippen LogP contribution in [0.4, 0.5) is 0 Å². The molecule has 3 aliphatic rings. The maximum Gasteiger partial charge on any atom is 0.227 e. The van der Waals surface area contributed by atoms with E-state index in [1.54, 1.807) is 0 Å². The summed E-state index contributed by atoms with van der Waals surface area (Å²) in [7, 11) is 0. The second kappa shape index (κ2) is 5.02. The fourth-order valence-corrected chi connectivity index (χ4v) is 3.08. The van der Waals surface area contributed by atoms with Gasteiger partial charge in [-0.15, -0.1) is 0 Å². The van der Waals surface area contributed by atoms with Gasteiger partial charge in [0.05, 0.1) is 5.92 Å². The smallest absolute Gasteiger partial charge is 0.227 e. The van der Waals surface area contributed by atoms with Crippen molar-refractivity contribution in [3.63, 3.8) is 0 Å². The monoisotopic (exact) mass is 249 g/mol. The average molecular weight is 249 g/mol. The molecule has 3 N–H and O–H groups in total. The van der Waals surface area contributed by atoms with Crippen molar-refractivity contribution in [3.8, 4) is 0 Å². The quantitative estimate of drug-likeness (QED) is 0.721. The van der Waals surface area contributed by atoms with E-state index in [1.165, 1.54) is 12.8 Å². The Morgan fingerprint density at radius 2 is 1.89 bits per heavy atom. The third kappa shape index (κ3) is 2.75. The molecule has 1 heterocycles. The largest absolute Gasteiger partial charge is 0.353 e. The van der Waals surface area contributed by atoms with Crippen LogP contribution >= 0.6 is 0 Å². The van der Waals surface area contributed by atoms with Crippen LogP contribution in [-0.2, 0) is 4.79 Å². The van der Waals surface area contributed by atoms with Gasteiger partial charge in [-0.05, 0) is 32.1 Å². The lowest BCUT2D eigenvalue weighted by Crippen LogP contribution is -2.46. The molecule has 0 aromatic rings. The third-order valence-electron chi connectivity index (χ3n) is 4.39. The molecule has 0 aromatic heterocycles. The van der Waals surface area contributed by atoms with Crippen molar-refractivity contribution < 1.29 is 4.79 Å². The van der Waals surface area contributed by atoms with Crippen molar-refractivity contribution in [2.45, 2.75) is 50.2 Å². The number of hydrogen-bond acceptors (Lipinski definition) is 3. The SMILES string of the molecule is NC1C=CC(C(=O)NC2CCN(C3CC3)CC2)C1. The van der Waals surface area contributed by atoms with Crippen molar-refractivity contribution >= 4 is 5.91 Å². The Kier molecular flexibility index (Phi) is 3.39. The Morgan fingerprint density at radius 1 is 1.17 bits per heavy atom. The summed E-state index contributed by atoms with van der Waals surface area (Å²) in [6, 6.07) is 1.30. The Hall–Kier alpha value is -0.870. The van der Waals surface area contributed by atoms with Gasteiger partial charge in [-0.3, -0.25) is 4.79 Å². The summed E-state index contributed by atoms with van der Waals surface area (Å²) in [6.45, 7) is 2.30. The van der Waals surface area contributed by atoms with Crippen LogP contribution in [0.1, 0.15) is 32.1 Å². The Labute approximate surface area is 109 Å². The molecular formula is C14H23N3O.